The molecule has 2 N–H and O–H groups in total. The molecule has 1 unspecified atom stereocenters. The average molecular weight is 242 g/mol. The fourth-order valence-electron chi connectivity index (χ4n) is 1.19. The minimum Gasteiger partial charge on any atom is -0.468 e. The summed E-state index contributed by atoms with van der Waals surface area (Å²) in [4.78, 5) is 12.1. The van der Waals surface area contributed by atoms with E-state index in [4.69, 9.17) is 5.73 Å². The number of rotatable bonds is 6. The molecule has 0 heterocycles. The Morgan fingerprint density at radius 2 is 2.06 bits per heavy atom. The highest BCUT2D eigenvalue weighted by Crippen LogP contribution is 2.16. The maximum atomic E-state index is 12.1. The van der Waals surface area contributed by atoms with Crippen LogP contribution in [-0.4, -0.2) is 49.8 Å². The topological polar surface area (TPSA) is 55.6 Å². The van der Waals surface area contributed by atoms with E-state index in [1.54, 1.807) is 6.92 Å². The minimum absolute atomic E-state index is 0.117. The van der Waals surface area contributed by atoms with E-state index in [9.17, 15) is 18.0 Å². The molecule has 7 heteroatoms. The van der Waals surface area contributed by atoms with Crippen LogP contribution in [0.2, 0.25) is 0 Å². The van der Waals surface area contributed by atoms with Gasteiger partial charge in [-0.2, -0.15) is 13.2 Å². The molecular formula is C9H17F3N2O2. The summed E-state index contributed by atoms with van der Waals surface area (Å²) in [5.41, 5.74) is 5.41. The highest BCUT2D eigenvalue weighted by atomic mass is 19.4. The van der Waals surface area contributed by atoms with Crippen LogP contribution in [-0.2, 0) is 9.53 Å². The standard InChI is InChI=1S/C9H17F3N2O2/c1-3-14(6-9(10,11)12)5-4-7(13)8(15)16-2/h7H,3-6,13H2,1-2H3. The van der Waals surface area contributed by atoms with Gasteiger partial charge in [-0.1, -0.05) is 6.92 Å². The van der Waals surface area contributed by atoms with E-state index in [-0.39, 0.29) is 19.5 Å². The molecular weight excluding hydrogens is 225 g/mol. The normalized spacial score (nSPS) is 13.9. The van der Waals surface area contributed by atoms with Crippen molar-refractivity contribution < 1.29 is 22.7 Å². The summed E-state index contributed by atoms with van der Waals surface area (Å²) in [7, 11) is 1.19. The van der Waals surface area contributed by atoms with E-state index in [0.717, 1.165) is 0 Å². The zero-order valence-corrected chi connectivity index (χ0v) is 9.38. The van der Waals surface area contributed by atoms with E-state index in [2.05, 4.69) is 4.74 Å². The predicted octanol–water partition coefficient (Wildman–Crippen LogP) is 0.761. The first-order valence-electron chi connectivity index (χ1n) is 4.92. The summed E-state index contributed by atoms with van der Waals surface area (Å²) < 4.78 is 40.6. The third-order valence-electron chi connectivity index (χ3n) is 2.11. The van der Waals surface area contributed by atoms with E-state index < -0.39 is 24.7 Å². The van der Waals surface area contributed by atoms with Crippen molar-refractivity contribution in [1.82, 2.24) is 4.90 Å². The molecule has 0 bridgehead atoms. The maximum absolute atomic E-state index is 12.1. The van der Waals surface area contributed by atoms with Gasteiger partial charge in [0.25, 0.3) is 0 Å². The number of hydrogen-bond donors (Lipinski definition) is 1. The second-order valence-electron chi connectivity index (χ2n) is 3.40. The van der Waals surface area contributed by atoms with Crippen LogP contribution in [0.15, 0.2) is 0 Å². The zero-order valence-electron chi connectivity index (χ0n) is 9.38. The first-order valence-corrected chi connectivity index (χ1v) is 4.92. The summed E-state index contributed by atoms with van der Waals surface area (Å²) >= 11 is 0. The van der Waals surface area contributed by atoms with Crippen LogP contribution in [0.3, 0.4) is 0 Å². The molecule has 1 atom stereocenters. The van der Waals surface area contributed by atoms with Crippen molar-refractivity contribution in [3.05, 3.63) is 0 Å². The van der Waals surface area contributed by atoms with Gasteiger partial charge >= 0.3 is 12.1 Å². The lowest BCUT2D eigenvalue weighted by Crippen LogP contribution is -2.39. The fourth-order valence-corrected chi connectivity index (χ4v) is 1.19. The molecule has 0 aliphatic heterocycles. The summed E-state index contributed by atoms with van der Waals surface area (Å²) in [5, 5.41) is 0. The smallest absolute Gasteiger partial charge is 0.401 e. The van der Waals surface area contributed by atoms with Gasteiger partial charge in [-0.05, 0) is 13.0 Å². The van der Waals surface area contributed by atoms with Crippen molar-refractivity contribution in [1.29, 1.82) is 0 Å². The number of carbonyl (C=O) groups is 1. The van der Waals surface area contributed by atoms with Gasteiger partial charge in [-0.15, -0.1) is 0 Å². The highest BCUT2D eigenvalue weighted by molar-refractivity contribution is 5.75. The van der Waals surface area contributed by atoms with Crippen molar-refractivity contribution in [3.8, 4) is 0 Å². The molecule has 0 aliphatic carbocycles. The van der Waals surface area contributed by atoms with E-state index in [0.29, 0.717) is 0 Å². The second-order valence-corrected chi connectivity index (χ2v) is 3.40. The number of methoxy groups -OCH3 is 1. The average Bonchev–Trinajstić information content (AvgIpc) is 2.20. The van der Waals surface area contributed by atoms with Gasteiger partial charge in [0, 0.05) is 6.54 Å². The summed E-state index contributed by atoms with van der Waals surface area (Å²) in [6, 6.07) is -0.868. The van der Waals surface area contributed by atoms with E-state index in [1.165, 1.54) is 12.0 Å². The number of nitrogens with two attached hydrogens (primary N) is 1. The molecule has 96 valence electrons. The van der Waals surface area contributed by atoms with Crippen LogP contribution in [0.1, 0.15) is 13.3 Å². The Bertz CT molecular complexity index is 221. The van der Waals surface area contributed by atoms with Gasteiger partial charge in [0.05, 0.1) is 13.7 Å². The lowest BCUT2D eigenvalue weighted by Gasteiger charge is -2.22. The molecule has 0 rings (SSSR count). The fraction of sp³-hybridized carbons (Fsp3) is 0.889. The molecule has 0 radical (unpaired) electrons. The second kappa shape index (κ2) is 6.70. The largest absolute Gasteiger partial charge is 0.468 e. The number of carbonyl (C=O) groups excluding carboxylic acids is 1. The summed E-state index contributed by atoms with van der Waals surface area (Å²) in [5.74, 6) is -0.608. The lowest BCUT2D eigenvalue weighted by atomic mass is 10.2. The Kier molecular flexibility index (Phi) is 6.35. The van der Waals surface area contributed by atoms with Crippen LogP contribution < -0.4 is 5.73 Å². The van der Waals surface area contributed by atoms with E-state index in [1.807, 2.05) is 0 Å². The Hall–Kier alpha value is -0.820. The zero-order chi connectivity index (χ0) is 12.8. The van der Waals surface area contributed by atoms with Crippen LogP contribution in [0, 0.1) is 0 Å². The molecule has 0 fully saturated rings. The number of ether oxygens (including phenoxy) is 1. The molecule has 0 spiro atoms. The molecule has 0 aromatic rings. The monoisotopic (exact) mass is 242 g/mol. The summed E-state index contributed by atoms with van der Waals surface area (Å²) in [6.07, 6.45) is -4.08. The Balaban J connectivity index is 4.01. The number of halogens is 3. The van der Waals surface area contributed by atoms with Gasteiger partial charge in [0.1, 0.15) is 6.04 Å². The molecule has 0 amide bonds. The van der Waals surface area contributed by atoms with Gasteiger partial charge in [-0.3, -0.25) is 9.69 Å². The van der Waals surface area contributed by atoms with Gasteiger partial charge < -0.3 is 10.5 Å². The van der Waals surface area contributed by atoms with Gasteiger partial charge in [0.2, 0.25) is 0 Å². The van der Waals surface area contributed by atoms with Crippen LogP contribution in [0.4, 0.5) is 13.2 Å². The van der Waals surface area contributed by atoms with Crippen molar-refractivity contribution in [3.63, 3.8) is 0 Å². The molecule has 0 saturated carbocycles. The number of esters is 1. The molecule has 0 saturated heterocycles. The van der Waals surface area contributed by atoms with E-state index >= 15 is 0 Å². The number of alkyl halides is 3. The predicted molar refractivity (Wildman–Crippen MR) is 52.8 cm³/mol. The summed E-state index contributed by atoms with van der Waals surface area (Å²) in [6.45, 7) is 1.01. The van der Waals surface area contributed by atoms with Crippen molar-refractivity contribution in [2.24, 2.45) is 5.73 Å². The van der Waals surface area contributed by atoms with Crippen LogP contribution in [0.25, 0.3) is 0 Å². The first-order chi connectivity index (χ1) is 7.30. The molecule has 0 aromatic heterocycles. The van der Waals surface area contributed by atoms with Gasteiger partial charge in [-0.25, -0.2) is 0 Å². The molecule has 0 aromatic carbocycles. The molecule has 4 nitrogen and oxygen atoms in total. The van der Waals surface area contributed by atoms with Crippen LogP contribution >= 0.6 is 0 Å². The SMILES string of the molecule is CCN(CCC(N)C(=O)OC)CC(F)(F)F. The quantitative estimate of drug-likeness (QED) is 0.699. The van der Waals surface area contributed by atoms with Crippen molar-refractivity contribution >= 4 is 5.97 Å². The Morgan fingerprint density at radius 3 is 2.44 bits per heavy atom. The Labute approximate surface area is 92.5 Å². The molecule has 0 aliphatic rings. The van der Waals surface area contributed by atoms with Crippen molar-refractivity contribution in [2.45, 2.75) is 25.6 Å². The maximum Gasteiger partial charge on any atom is 0.401 e. The van der Waals surface area contributed by atoms with Crippen molar-refractivity contribution in [2.75, 3.05) is 26.7 Å². The van der Waals surface area contributed by atoms with Crippen LogP contribution in [0.5, 0.6) is 0 Å². The number of nitrogens with zero attached hydrogens (tertiary/aromatic N) is 1. The minimum atomic E-state index is -4.23. The Morgan fingerprint density at radius 1 is 1.50 bits per heavy atom. The first kappa shape index (κ1) is 15.2. The third kappa shape index (κ3) is 6.62. The van der Waals surface area contributed by atoms with Gasteiger partial charge in [0.15, 0.2) is 0 Å². The lowest BCUT2D eigenvalue weighted by molar-refractivity contribution is -0.146. The highest BCUT2D eigenvalue weighted by Gasteiger charge is 2.30. The molecule has 16 heavy (non-hydrogen) atoms. The number of hydrogen-bond acceptors (Lipinski definition) is 4. The third-order valence-corrected chi connectivity index (χ3v) is 2.11.